The molecule has 0 unspecified atom stereocenters. The molecule has 19 heavy (non-hydrogen) atoms. The SMILES string of the molecule is CCOCCN(CC)c1cc(NN)nc(COC)n1. The minimum atomic E-state index is 0.353. The first-order valence-electron chi connectivity index (χ1n) is 6.41. The third-order valence-electron chi connectivity index (χ3n) is 2.60. The molecule has 0 aliphatic rings. The summed E-state index contributed by atoms with van der Waals surface area (Å²) < 4.78 is 10.4. The van der Waals surface area contributed by atoms with Gasteiger partial charge in [-0.2, -0.15) is 0 Å². The monoisotopic (exact) mass is 269 g/mol. The number of likely N-dealkylation sites (N-methyl/N-ethyl adjacent to an activating group) is 1. The number of nitrogen functional groups attached to an aromatic ring is 1. The highest BCUT2D eigenvalue weighted by Crippen LogP contribution is 2.15. The molecule has 0 bridgehead atoms. The van der Waals surface area contributed by atoms with Crippen molar-refractivity contribution < 1.29 is 9.47 Å². The predicted octanol–water partition coefficient (Wildman–Crippen LogP) is 0.771. The molecule has 0 radical (unpaired) electrons. The average molecular weight is 269 g/mol. The lowest BCUT2D eigenvalue weighted by atomic mass is 10.4. The number of rotatable bonds is 9. The number of nitrogens with one attached hydrogen (secondary N) is 1. The molecule has 0 aliphatic carbocycles. The fraction of sp³-hybridized carbons (Fsp3) is 0.667. The minimum Gasteiger partial charge on any atom is -0.380 e. The molecule has 108 valence electrons. The van der Waals surface area contributed by atoms with Gasteiger partial charge < -0.3 is 19.8 Å². The van der Waals surface area contributed by atoms with Gasteiger partial charge in [0.05, 0.1) is 6.61 Å². The van der Waals surface area contributed by atoms with Crippen LogP contribution < -0.4 is 16.2 Å². The normalized spacial score (nSPS) is 10.5. The second-order valence-electron chi connectivity index (χ2n) is 3.88. The van der Waals surface area contributed by atoms with Gasteiger partial charge in [-0.3, -0.25) is 0 Å². The number of ether oxygens (including phenoxy) is 2. The van der Waals surface area contributed by atoms with Gasteiger partial charge in [-0.15, -0.1) is 0 Å². The Morgan fingerprint density at radius 2 is 2.16 bits per heavy atom. The molecule has 1 rings (SSSR count). The Morgan fingerprint density at radius 1 is 1.37 bits per heavy atom. The summed E-state index contributed by atoms with van der Waals surface area (Å²) in [6.45, 7) is 7.39. The summed E-state index contributed by atoms with van der Waals surface area (Å²) in [4.78, 5) is 10.8. The molecule has 0 atom stereocenters. The third-order valence-corrected chi connectivity index (χ3v) is 2.60. The molecule has 1 aromatic rings. The van der Waals surface area contributed by atoms with Crippen LogP contribution in [0.25, 0.3) is 0 Å². The van der Waals surface area contributed by atoms with Crippen molar-refractivity contribution in [2.24, 2.45) is 5.84 Å². The lowest BCUT2D eigenvalue weighted by Gasteiger charge is -2.22. The quantitative estimate of drug-likeness (QED) is 0.389. The van der Waals surface area contributed by atoms with Crippen LogP contribution >= 0.6 is 0 Å². The Bertz CT molecular complexity index is 375. The van der Waals surface area contributed by atoms with Gasteiger partial charge in [0.25, 0.3) is 0 Å². The molecule has 0 saturated heterocycles. The second kappa shape index (κ2) is 8.63. The van der Waals surface area contributed by atoms with Crippen LogP contribution in [-0.4, -0.2) is 43.4 Å². The maximum atomic E-state index is 5.42. The molecule has 0 spiro atoms. The summed E-state index contributed by atoms with van der Waals surface area (Å²) in [5, 5.41) is 0. The van der Waals surface area contributed by atoms with Crippen LogP contribution in [0.4, 0.5) is 11.6 Å². The van der Waals surface area contributed by atoms with Crippen molar-refractivity contribution in [3.63, 3.8) is 0 Å². The zero-order valence-electron chi connectivity index (χ0n) is 11.8. The van der Waals surface area contributed by atoms with E-state index in [1.165, 1.54) is 0 Å². The Balaban J connectivity index is 2.84. The topological polar surface area (TPSA) is 85.5 Å². The number of nitrogens with two attached hydrogens (primary N) is 1. The highest BCUT2D eigenvalue weighted by molar-refractivity contribution is 5.48. The number of hydrogen-bond donors (Lipinski definition) is 2. The number of aromatic nitrogens is 2. The second-order valence-corrected chi connectivity index (χ2v) is 3.88. The van der Waals surface area contributed by atoms with Crippen molar-refractivity contribution in [2.45, 2.75) is 20.5 Å². The van der Waals surface area contributed by atoms with Gasteiger partial charge in [0.2, 0.25) is 0 Å². The van der Waals surface area contributed by atoms with Gasteiger partial charge in [-0.1, -0.05) is 0 Å². The molecule has 0 fully saturated rings. The molecule has 0 saturated carbocycles. The lowest BCUT2D eigenvalue weighted by molar-refractivity contribution is 0.154. The maximum absolute atomic E-state index is 5.42. The zero-order valence-corrected chi connectivity index (χ0v) is 11.8. The van der Waals surface area contributed by atoms with E-state index in [1.54, 1.807) is 7.11 Å². The predicted molar refractivity (Wildman–Crippen MR) is 74.9 cm³/mol. The van der Waals surface area contributed by atoms with Crippen LogP contribution in [0.15, 0.2) is 6.07 Å². The summed E-state index contributed by atoms with van der Waals surface area (Å²) >= 11 is 0. The Hall–Kier alpha value is -1.44. The largest absolute Gasteiger partial charge is 0.380 e. The van der Waals surface area contributed by atoms with Gasteiger partial charge in [0, 0.05) is 32.9 Å². The maximum Gasteiger partial charge on any atom is 0.158 e. The number of hydrazine groups is 1. The molecular weight excluding hydrogens is 246 g/mol. The molecule has 3 N–H and O–H groups in total. The van der Waals surface area contributed by atoms with Gasteiger partial charge >= 0.3 is 0 Å². The highest BCUT2D eigenvalue weighted by atomic mass is 16.5. The molecule has 7 nitrogen and oxygen atoms in total. The van der Waals surface area contributed by atoms with Crippen LogP contribution in [0.2, 0.25) is 0 Å². The van der Waals surface area contributed by atoms with E-state index >= 15 is 0 Å². The van der Waals surface area contributed by atoms with Crippen LogP contribution in [0.1, 0.15) is 19.7 Å². The number of nitrogens with zero attached hydrogens (tertiary/aromatic N) is 3. The first-order valence-corrected chi connectivity index (χ1v) is 6.41. The summed E-state index contributed by atoms with van der Waals surface area (Å²) in [6.07, 6.45) is 0. The molecule has 1 aromatic heterocycles. The molecule has 0 amide bonds. The Labute approximate surface area is 114 Å². The third kappa shape index (κ3) is 4.98. The standard InChI is InChI=1S/C12H23N5O2/c1-4-17(6-7-19-5-2)12-8-10(16-13)14-11(15-12)9-18-3/h8H,4-7,9,13H2,1-3H3,(H,14,15,16). The highest BCUT2D eigenvalue weighted by Gasteiger charge is 2.10. The van der Waals surface area contributed by atoms with E-state index in [-0.39, 0.29) is 0 Å². The van der Waals surface area contributed by atoms with Crippen molar-refractivity contribution in [3.05, 3.63) is 11.9 Å². The van der Waals surface area contributed by atoms with Crippen molar-refractivity contribution in [3.8, 4) is 0 Å². The summed E-state index contributed by atoms with van der Waals surface area (Å²) in [6, 6.07) is 1.81. The fourth-order valence-corrected chi connectivity index (χ4v) is 1.67. The summed E-state index contributed by atoms with van der Waals surface area (Å²) in [5.74, 6) is 7.42. The van der Waals surface area contributed by atoms with Crippen LogP contribution in [0.3, 0.4) is 0 Å². The lowest BCUT2D eigenvalue weighted by Crippen LogP contribution is -2.28. The summed E-state index contributed by atoms with van der Waals surface area (Å²) in [7, 11) is 1.61. The van der Waals surface area contributed by atoms with Crippen molar-refractivity contribution >= 4 is 11.6 Å². The molecule has 0 aliphatic heterocycles. The molecule has 7 heteroatoms. The summed E-state index contributed by atoms with van der Waals surface area (Å²) in [5.41, 5.74) is 2.55. The Morgan fingerprint density at radius 3 is 2.74 bits per heavy atom. The average Bonchev–Trinajstić information content (AvgIpc) is 2.43. The van der Waals surface area contributed by atoms with E-state index < -0.39 is 0 Å². The van der Waals surface area contributed by atoms with Crippen molar-refractivity contribution in [1.29, 1.82) is 0 Å². The van der Waals surface area contributed by atoms with Crippen LogP contribution in [0.5, 0.6) is 0 Å². The fourth-order valence-electron chi connectivity index (χ4n) is 1.67. The van der Waals surface area contributed by atoms with Crippen molar-refractivity contribution in [1.82, 2.24) is 9.97 Å². The van der Waals surface area contributed by atoms with E-state index in [9.17, 15) is 0 Å². The van der Waals surface area contributed by atoms with Gasteiger partial charge in [0.1, 0.15) is 18.2 Å². The van der Waals surface area contributed by atoms with Crippen LogP contribution in [-0.2, 0) is 16.1 Å². The van der Waals surface area contributed by atoms with Gasteiger partial charge in [-0.25, -0.2) is 15.8 Å². The van der Waals surface area contributed by atoms with E-state index in [2.05, 4.69) is 27.2 Å². The van der Waals surface area contributed by atoms with Gasteiger partial charge in [0.15, 0.2) is 5.82 Å². The van der Waals surface area contributed by atoms with Gasteiger partial charge in [-0.05, 0) is 13.8 Å². The van der Waals surface area contributed by atoms with E-state index in [4.69, 9.17) is 15.3 Å². The number of anilines is 2. The smallest absolute Gasteiger partial charge is 0.158 e. The minimum absolute atomic E-state index is 0.353. The van der Waals surface area contributed by atoms with E-state index in [0.717, 1.165) is 18.9 Å². The molecular formula is C12H23N5O2. The number of methoxy groups -OCH3 is 1. The van der Waals surface area contributed by atoms with Crippen molar-refractivity contribution in [2.75, 3.05) is 43.7 Å². The number of hydrogen-bond acceptors (Lipinski definition) is 7. The zero-order chi connectivity index (χ0) is 14.1. The van der Waals surface area contributed by atoms with Crippen LogP contribution in [0, 0.1) is 0 Å². The van der Waals surface area contributed by atoms with E-state index in [0.29, 0.717) is 31.5 Å². The Kier molecular flexibility index (Phi) is 7.09. The first-order chi connectivity index (χ1) is 9.24. The molecule has 0 aromatic carbocycles. The first kappa shape index (κ1) is 15.6. The molecule has 1 heterocycles. The van der Waals surface area contributed by atoms with E-state index in [1.807, 2.05) is 13.0 Å².